The van der Waals surface area contributed by atoms with Crippen molar-refractivity contribution in [2.75, 3.05) is 5.32 Å². The number of nitro benzene ring substituents is 1. The highest BCUT2D eigenvalue weighted by atomic mass is 19.1. The van der Waals surface area contributed by atoms with E-state index in [0.717, 1.165) is 6.07 Å². The highest BCUT2D eigenvalue weighted by Gasteiger charge is 2.12. The van der Waals surface area contributed by atoms with Gasteiger partial charge in [-0.05, 0) is 25.1 Å². The minimum absolute atomic E-state index is 0.0174. The lowest BCUT2D eigenvalue weighted by Gasteiger charge is -2.16. The van der Waals surface area contributed by atoms with E-state index in [1.54, 1.807) is 6.92 Å². The molecular formula is C14H12F2N2O2. The molecule has 2 aromatic carbocycles. The van der Waals surface area contributed by atoms with Crippen molar-refractivity contribution in [2.24, 2.45) is 0 Å². The van der Waals surface area contributed by atoms with Gasteiger partial charge in [0.25, 0.3) is 5.69 Å². The largest absolute Gasteiger partial charge is 0.378 e. The SMILES string of the molecule is CC(Nc1ccc([N+](=O)[O-])cc1)c1ccc(F)cc1F. The normalized spacial score (nSPS) is 11.9. The van der Waals surface area contributed by atoms with Gasteiger partial charge in [0, 0.05) is 29.4 Å². The summed E-state index contributed by atoms with van der Waals surface area (Å²) in [5, 5.41) is 13.5. The Hall–Kier alpha value is -2.50. The molecule has 0 fully saturated rings. The van der Waals surface area contributed by atoms with Gasteiger partial charge < -0.3 is 5.32 Å². The molecule has 1 unspecified atom stereocenters. The van der Waals surface area contributed by atoms with E-state index in [0.29, 0.717) is 11.3 Å². The van der Waals surface area contributed by atoms with Crippen molar-refractivity contribution in [1.29, 1.82) is 0 Å². The first kappa shape index (κ1) is 13.9. The van der Waals surface area contributed by atoms with E-state index in [2.05, 4.69) is 5.32 Å². The number of halogens is 2. The zero-order valence-corrected chi connectivity index (χ0v) is 10.6. The Kier molecular flexibility index (Phi) is 3.93. The second-order valence-electron chi connectivity index (χ2n) is 4.34. The Morgan fingerprint density at radius 3 is 2.35 bits per heavy atom. The minimum Gasteiger partial charge on any atom is -0.378 e. The lowest BCUT2D eigenvalue weighted by Crippen LogP contribution is -2.08. The Morgan fingerprint density at radius 2 is 1.80 bits per heavy atom. The summed E-state index contributed by atoms with van der Waals surface area (Å²) >= 11 is 0. The topological polar surface area (TPSA) is 55.2 Å². The first-order valence-corrected chi connectivity index (χ1v) is 5.93. The second kappa shape index (κ2) is 5.64. The van der Waals surface area contributed by atoms with Gasteiger partial charge in [0.05, 0.1) is 11.0 Å². The fraction of sp³-hybridized carbons (Fsp3) is 0.143. The molecule has 1 N–H and O–H groups in total. The number of hydrogen-bond donors (Lipinski definition) is 1. The maximum atomic E-state index is 13.6. The molecule has 0 saturated carbocycles. The summed E-state index contributed by atoms with van der Waals surface area (Å²) in [4.78, 5) is 10.0. The van der Waals surface area contributed by atoms with Crippen LogP contribution in [0, 0.1) is 21.7 Å². The van der Waals surface area contributed by atoms with Gasteiger partial charge in [-0.15, -0.1) is 0 Å². The molecule has 2 aromatic rings. The predicted octanol–water partition coefficient (Wildman–Crippen LogP) is 4.05. The van der Waals surface area contributed by atoms with Crippen molar-refractivity contribution in [3.8, 4) is 0 Å². The summed E-state index contributed by atoms with van der Waals surface area (Å²) in [5.41, 5.74) is 0.924. The molecule has 104 valence electrons. The Morgan fingerprint density at radius 1 is 1.15 bits per heavy atom. The Labute approximate surface area is 114 Å². The molecule has 0 heterocycles. The number of nitrogens with zero attached hydrogens (tertiary/aromatic N) is 1. The van der Waals surface area contributed by atoms with Gasteiger partial charge in [-0.2, -0.15) is 0 Å². The molecule has 4 nitrogen and oxygen atoms in total. The summed E-state index contributed by atoms with van der Waals surface area (Å²) in [6.45, 7) is 1.72. The second-order valence-corrected chi connectivity index (χ2v) is 4.34. The average molecular weight is 278 g/mol. The van der Waals surface area contributed by atoms with Crippen molar-refractivity contribution in [3.05, 3.63) is 69.8 Å². The molecule has 0 aliphatic rings. The predicted molar refractivity (Wildman–Crippen MR) is 71.5 cm³/mol. The quantitative estimate of drug-likeness (QED) is 0.678. The number of benzene rings is 2. The first-order valence-electron chi connectivity index (χ1n) is 5.93. The average Bonchev–Trinajstić information content (AvgIpc) is 2.39. The lowest BCUT2D eigenvalue weighted by atomic mass is 10.1. The molecule has 0 aromatic heterocycles. The molecule has 0 spiro atoms. The first-order chi connectivity index (χ1) is 9.47. The zero-order chi connectivity index (χ0) is 14.7. The van der Waals surface area contributed by atoms with E-state index >= 15 is 0 Å². The van der Waals surface area contributed by atoms with E-state index in [1.807, 2.05) is 0 Å². The molecule has 0 radical (unpaired) electrons. The highest BCUT2D eigenvalue weighted by Crippen LogP contribution is 2.23. The van der Waals surface area contributed by atoms with Crippen LogP contribution >= 0.6 is 0 Å². The minimum atomic E-state index is -0.632. The van der Waals surface area contributed by atoms with Crippen LogP contribution in [0.15, 0.2) is 42.5 Å². The monoisotopic (exact) mass is 278 g/mol. The van der Waals surface area contributed by atoms with Gasteiger partial charge in [-0.25, -0.2) is 8.78 Å². The molecule has 1 atom stereocenters. The van der Waals surface area contributed by atoms with Gasteiger partial charge in [-0.3, -0.25) is 10.1 Å². The molecule has 20 heavy (non-hydrogen) atoms. The third kappa shape index (κ3) is 3.09. The smallest absolute Gasteiger partial charge is 0.269 e. The number of anilines is 1. The molecule has 0 bridgehead atoms. The molecule has 0 saturated heterocycles. The van der Waals surface area contributed by atoms with Crippen molar-refractivity contribution in [1.82, 2.24) is 0 Å². The maximum Gasteiger partial charge on any atom is 0.269 e. The van der Waals surface area contributed by atoms with Gasteiger partial charge in [0.2, 0.25) is 0 Å². The fourth-order valence-corrected chi connectivity index (χ4v) is 1.86. The van der Waals surface area contributed by atoms with Gasteiger partial charge >= 0.3 is 0 Å². The van der Waals surface area contributed by atoms with E-state index in [-0.39, 0.29) is 5.69 Å². The third-order valence-corrected chi connectivity index (χ3v) is 2.89. The van der Waals surface area contributed by atoms with Crippen LogP contribution in [-0.4, -0.2) is 4.92 Å². The summed E-state index contributed by atoms with van der Waals surface area (Å²) < 4.78 is 26.4. The van der Waals surface area contributed by atoms with Crippen LogP contribution in [-0.2, 0) is 0 Å². The van der Waals surface area contributed by atoms with Crippen LogP contribution in [0.1, 0.15) is 18.5 Å². The van der Waals surface area contributed by atoms with Gasteiger partial charge in [0.1, 0.15) is 11.6 Å². The standard InChI is InChI=1S/C14H12F2N2O2/c1-9(13-7-2-10(15)8-14(13)16)17-11-3-5-12(6-4-11)18(19)20/h2-9,17H,1H3. The molecule has 2 rings (SSSR count). The summed E-state index contributed by atoms with van der Waals surface area (Å²) in [6.07, 6.45) is 0. The van der Waals surface area contributed by atoms with Crippen molar-refractivity contribution >= 4 is 11.4 Å². The fourth-order valence-electron chi connectivity index (χ4n) is 1.86. The van der Waals surface area contributed by atoms with Crippen molar-refractivity contribution in [3.63, 3.8) is 0 Å². The summed E-state index contributed by atoms with van der Waals surface area (Å²) in [6, 6.07) is 8.78. The van der Waals surface area contributed by atoms with E-state index in [1.165, 1.54) is 36.4 Å². The molecule has 6 heteroatoms. The van der Waals surface area contributed by atoms with E-state index < -0.39 is 22.6 Å². The molecule has 0 aliphatic heterocycles. The van der Waals surface area contributed by atoms with Crippen LogP contribution < -0.4 is 5.32 Å². The van der Waals surface area contributed by atoms with Crippen LogP contribution in [0.3, 0.4) is 0 Å². The number of hydrogen-bond acceptors (Lipinski definition) is 3. The van der Waals surface area contributed by atoms with Gasteiger partial charge in [-0.1, -0.05) is 6.07 Å². The van der Waals surface area contributed by atoms with Crippen LogP contribution in [0.4, 0.5) is 20.2 Å². The summed E-state index contributed by atoms with van der Waals surface area (Å²) in [7, 11) is 0. The van der Waals surface area contributed by atoms with Gasteiger partial charge in [0.15, 0.2) is 0 Å². The Bertz CT molecular complexity index is 630. The van der Waals surface area contributed by atoms with Crippen molar-refractivity contribution < 1.29 is 13.7 Å². The Balaban J connectivity index is 2.14. The summed E-state index contributed by atoms with van der Waals surface area (Å²) in [5.74, 6) is -1.26. The zero-order valence-electron chi connectivity index (χ0n) is 10.6. The number of non-ortho nitro benzene ring substituents is 1. The maximum absolute atomic E-state index is 13.6. The van der Waals surface area contributed by atoms with Crippen molar-refractivity contribution in [2.45, 2.75) is 13.0 Å². The molecule has 0 amide bonds. The highest BCUT2D eigenvalue weighted by molar-refractivity contribution is 5.50. The third-order valence-electron chi connectivity index (χ3n) is 2.89. The lowest BCUT2D eigenvalue weighted by molar-refractivity contribution is -0.384. The number of rotatable bonds is 4. The van der Waals surface area contributed by atoms with Crippen LogP contribution in [0.2, 0.25) is 0 Å². The number of nitrogens with one attached hydrogen (secondary N) is 1. The van der Waals surface area contributed by atoms with E-state index in [4.69, 9.17) is 0 Å². The molecule has 0 aliphatic carbocycles. The van der Waals surface area contributed by atoms with Crippen LogP contribution in [0.5, 0.6) is 0 Å². The van der Waals surface area contributed by atoms with Crippen LogP contribution in [0.25, 0.3) is 0 Å². The molecular weight excluding hydrogens is 266 g/mol. The van der Waals surface area contributed by atoms with E-state index in [9.17, 15) is 18.9 Å². The number of nitro groups is 1.